The molecule has 112 valence electrons. The topological polar surface area (TPSA) is 52.6 Å². The van der Waals surface area contributed by atoms with Crippen LogP contribution in [0.1, 0.15) is 58.8 Å². The molecule has 3 aliphatic carbocycles. The Hall–Kier alpha value is -1.06. The van der Waals surface area contributed by atoms with Crippen molar-refractivity contribution in [3.05, 3.63) is 0 Å². The van der Waals surface area contributed by atoms with Crippen molar-refractivity contribution in [2.45, 2.75) is 71.0 Å². The molecule has 4 heteroatoms. The zero-order valence-electron chi connectivity index (χ0n) is 12.4. The van der Waals surface area contributed by atoms with Crippen LogP contribution in [0.3, 0.4) is 0 Å². The third-order valence-corrected chi connectivity index (χ3v) is 5.48. The number of carbonyl (C=O) groups is 2. The van der Waals surface area contributed by atoms with Gasteiger partial charge in [-0.1, -0.05) is 26.7 Å². The van der Waals surface area contributed by atoms with E-state index in [4.69, 9.17) is 9.47 Å². The standard InChI is InChI=1S/C16H24O4/c1-16(2)12(19-14(17)10-5-3-6-10)9-13(16)20-15(18)11-7-4-8-11/h10-13H,3-9H2,1-2H3/t12-,13-/m1/s1. The Morgan fingerprint density at radius 1 is 0.850 bits per heavy atom. The molecule has 0 unspecified atom stereocenters. The first kappa shape index (κ1) is 13.9. The summed E-state index contributed by atoms with van der Waals surface area (Å²) in [7, 11) is 0. The fourth-order valence-corrected chi connectivity index (χ4v) is 3.01. The van der Waals surface area contributed by atoms with Gasteiger partial charge in [-0.25, -0.2) is 0 Å². The average molecular weight is 280 g/mol. The van der Waals surface area contributed by atoms with Gasteiger partial charge in [0.15, 0.2) is 0 Å². The van der Waals surface area contributed by atoms with Crippen LogP contribution in [0.25, 0.3) is 0 Å². The second-order valence-corrected chi connectivity index (χ2v) is 7.16. The van der Waals surface area contributed by atoms with Crippen LogP contribution in [0, 0.1) is 17.3 Å². The summed E-state index contributed by atoms with van der Waals surface area (Å²) in [6, 6.07) is 0. The van der Waals surface area contributed by atoms with Crippen molar-refractivity contribution < 1.29 is 19.1 Å². The maximum Gasteiger partial charge on any atom is 0.309 e. The summed E-state index contributed by atoms with van der Waals surface area (Å²) >= 11 is 0. The highest BCUT2D eigenvalue weighted by Crippen LogP contribution is 2.46. The predicted octanol–water partition coefficient (Wildman–Crippen LogP) is 2.84. The Morgan fingerprint density at radius 2 is 1.25 bits per heavy atom. The second kappa shape index (κ2) is 5.05. The van der Waals surface area contributed by atoms with Crippen molar-refractivity contribution in [2.75, 3.05) is 0 Å². The SMILES string of the molecule is CC1(C)[C@H](OC(=O)C2CCC2)C[C@H]1OC(=O)C1CCC1. The van der Waals surface area contributed by atoms with E-state index in [0.29, 0.717) is 6.42 Å². The zero-order chi connectivity index (χ0) is 14.3. The molecule has 3 saturated carbocycles. The number of ether oxygens (including phenoxy) is 2. The fourth-order valence-electron chi connectivity index (χ4n) is 3.01. The molecule has 3 fully saturated rings. The lowest BCUT2D eigenvalue weighted by atomic mass is 9.66. The highest BCUT2D eigenvalue weighted by atomic mass is 16.6. The van der Waals surface area contributed by atoms with E-state index in [1.54, 1.807) is 0 Å². The first-order valence-corrected chi connectivity index (χ1v) is 7.89. The van der Waals surface area contributed by atoms with E-state index in [1.165, 1.54) is 0 Å². The van der Waals surface area contributed by atoms with Crippen molar-refractivity contribution >= 4 is 11.9 Å². The molecule has 2 atom stereocenters. The molecular weight excluding hydrogens is 256 g/mol. The van der Waals surface area contributed by atoms with Gasteiger partial charge in [0.05, 0.1) is 11.8 Å². The molecule has 0 aromatic rings. The number of carbonyl (C=O) groups excluding carboxylic acids is 2. The maximum absolute atomic E-state index is 11.9. The molecule has 0 saturated heterocycles. The molecule has 0 spiro atoms. The van der Waals surface area contributed by atoms with Crippen LogP contribution >= 0.6 is 0 Å². The summed E-state index contributed by atoms with van der Waals surface area (Å²) in [5, 5.41) is 0. The van der Waals surface area contributed by atoms with E-state index in [2.05, 4.69) is 0 Å². The van der Waals surface area contributed by atoms with Crippen molar-refractivity contribution in [1.82, 2.24) is 0 Å². The second-order valence-electron chi connectivity index (χ2n) is 7.16. The normalized spacial score (nSPS) is 32.5. The molecule has 4 nitrogen and oxygen atoms in total. The highest BCUT2D eigenvalue weighted by molar-refractivity contribution is 5.74. The summed E-state index contributed by atoms with van der Waals surface area (Å²) in [6.07, 6.45) is 6.58. The fraction of sp³-hybridized carbons (Fsp3) is 0.875. The number of esters is 2. The van der Waals surface area contributed by atoms with Gasteiger partial charge in [0.1, 0.15) is 12.2 Å². The minimum atomic E-state index is -0.251. The van der Waals surface area contributed by atoms with Crippen molar-refractivity contribution in [2.24, 2.45) is 17.3 Å². The van der Waals surface area contributed by atoms with E-state index in [9.17, 15) is 9.59 Å². The van der Waals surface area contributed by atoms with E-state index in [-0.39, 0.29) is 41.4 Å². The van der Waals surface area contributed by atoms with Gasteiger partial charge in [-0.05, 0) is 25.7 Å². The monoisotopic (exact) mass is 280 g/mol. The summed E-state index contributed by atoms with van der Waals surface area (Å²) < 4.78 is 11.2. The van der Waals surface area contributed by atoms with E-state index >= 15 is 0 Å². The number of hydrogen-bond donors (Lipinski definition) is 0. The first-order chi connectivity index (χ1) is 9.48. The van der Waals surface area contributed by atoms with Crippen LogP contribution in [0.5, 0.6) is 0 Å². The Bertz CT molecular complexity index is 371. The summed E-state index contributed by atoms with van der Waals surface area (Å²) in [5.41, 5.74) is -0.251. The summed E-state index contributed by atoms with van der Waals surface area (Å²) in [4.78, 5) is 23.8. The Balaban J connectivity index is 1.48. The Labute approximate surface area is 120 Å². The average Bonchev–Trinajstić information content (AvgIpc) is 2.22. The molecule has 3 aliphatic rings. The minimum Gasteiger partial charge on any atom is -0.461 e. The molecule has 0 radical (unpaired) electrons. The summed E-state index contributed by atoms with van der Waals surface area (Å²) in [6.45, 7) is 4.04. The molecule has 0 bridgehead atoms. The first-order valence-electron chi connectivity index (χ1n) is 7.89. The maximum atomic E-state index is 11.9. The molecule has 0 heterocycles. The van der Waals surface area contributed by atoms with Crippen LogP contribution in [0.15, 0.2) is 0 Å². The van der Waals surface area contributed by atoms with Crippen LogP contribution in [-0.2, 0) is 19.1 Å². The largest absolute Gasteiger partial charge is 0.461 e. The number of hydrogen-bond acceptors (Lipinski definition) is 4. The van der Waals surface area contributed by atoms with Gasteiger partial charge in [0.2, 0.25) is 0 Å². The van der Waals surface area contributed by atoms with Gasteiger partial charge in [0, 0.05) is 11.8 Å². The molecule has 0 aliphatic heterocycles. The van der Waals surface area contributed by atoms with Gasteiger partial charge in [-0.3, -0.25) is 9.59 Å². The van der Waals surface area contributed by atoms with Crippen molar-refractivity contribution in [3.63, 3.8) is 0 Å². The van der Waals surface area contributed by atoms with Crippen LogP contribution in [0.2, 0.25) is 0 Å². The lowest BCUT2D eigenvalue weighted by molar-refractivity contribution is -0.213. The molecule has 20 heavy (non-hydrogen) atoms. The van der Waals surface area contributed by atoms with Gasteiger partial charge >= 0.3 is 11.9 Å². The van der Waals surface area contributed by atoms with E-state index in [1.807, 2.05) is 13.8 Å². The van der Waals surface area contributed by atoms with Gasteiger partial charge in [-0.15, -0.1) is 0 Å². The third kappa shape index (κ3) is 2.33. The van der Waals surface area contributed by atoms with Crippen molar-refractivity contribution in [1.29, 1.82) is 0 Å². The lowest BCUT2D eigenvalue weighted by Gasteiger charge is -2.50. The van der Waals surface area contributed by atoms with E-state index in [0.717, 1.165) is 38.5 Å². The smallest absolute Gasteiger partial charge is 0.309 e. The lowest BCUT2D eigenvalue weighted by Crippen LogP contribution is -2.57. The quantitative estimate of drug-likeness (QED) is 0.743. The molecule has 0 N–H and O–H groups in total. The molecule has 0 aromatic carbocycles. The van der Waals surface area contributed by atoms with Crippen LogP contribution in [0.4, 0.5) is 0 Å². The van der Waals surface area contributed by atoms with Gasteiger partial charge in [0.25, 0.3) is 0 Å². The molecule has 3 rings (SSSR count). The van der Waals surface area contributed by atoms with Crippen LogP contribution in [-0.4, -0.2) is 24.1 Å². The van der Waals surface area contributed by atoms with Crippen LogP contribution < -0.4 is 0 Å². The van der Waals surface area contributed by atoms with Gasteiger partial charge < -0.3 is 9.47 Å². The zero-order valence-corrected chi connectivity index (χ0v) is 12.4. The summed E-state index contributed by atoms with van der Waals surface area (Å²) in [5.74, 6) is 0.112. The Morgan fingerprint density at radius 3 is 1.50 bits per heavy atom. The minimum absolute atomic E-state index is 0.0573. The molecule has 0 aromatic heterocycles. The molecular formula is C16H24O4. The number of rotatable bonds is 4. The predicted molar refractivity (Wildman–Crippen MR) is 72.8 cm³/mol. The third-order valence-electron chi connectivity index (χ3n) is 5.48. The van der Waals surface area contributed by atoms with Crippen molar-refractivity contribution in [3.8, 4) is 0 Å². The van der Waals surface area contributed by atoms with E-state index < -0.39 is 0 Å². The van der Waals surface area contributed by atoms with Gasteiger partial charge in [-0.2, -0.15) is 0 Å². The molecule has 0 amide bonds. The Kier molecular flexibility index (Phi) is 3.51. The highest BCUT2D eigenvalue weighted by Gasteiger charge is 2.54.